The number of carbonyl (C=O) groups excluding carboxylic acids is 4. The highest BCUT2D eigenvalue weighted by molar-refractivity contribution is 6.01. The third-order valence-corrected chi connectivity index (χ3v) is 11.4. The molecule has 5 atom stereocenters. The van der Waals surface area contributed by atoms with Gasteiger partial charge in [0.25, 0.3) is 5.91 Å². The first-order chi connectivity index (χ1) is 23.5. The normalized spacial score (nSPS) is 22.3. The maximum atomic E-state index is 15.9. The highest BCUT2D eigenvalue weighted by Crippen LogP contribution is 2.51. The zero-order valence-corrected chi connectivity index (χ0v) is 29.5. The van der Waals surface area contributed by atoms with Crippen molar-refractivity contribution in [2.45, 2.75) is 96.8 Å². The number of hydrogen-bond donors (Lipinski definition) is 3. The molecule has 2 aromatic rings. The van der Waals surface area contributed by atoms with Gasteiger partial charge in [-0.2, -0.15) is 5.10 Å². The van der Waals surface area contributed by atoms with Gasteiger partial charge < -0.3 is 25.8 Å². The summed E-state index contributed by atoms with van der Waals surface area (Å²) in [5.41, 5.74) is 0.928. The van der Waals surface area contributed by atoms with Gasteiger partial charge in [0.1, 0.15) is 23.6 Å². The first kappa shape index (κ1) is 35.0. The summed E-state index contributed by atoms with van der Waals surface area (Å²) in [4.78, 5) is 58.5. The van der Waals surface area contributed by atoms with Crippen molar-refractivity contribution < 1.29 is 23.6 Å². The van der Waals surface area contributed by atoms with Gasteiger partial charge in [-0.25, -0.2) is 4.39 Å². The summed E-state index contributed by atoms with van der Waals surface area (Å²) in [6, 6.07) is 4.70. The first-order valence-electron chi connectivity index (χ1n) is 18.2. The summed E-state index contributed by atoms with van der Waals surface area (Å²) in [5.74, 6) is -1.50. The third kappa shape index (κ3) is 8.00. The highest BCUT2D eigenvalue weighted by atomic mass is 19.1. The molecular formula is C37H52FN7O4. The second-order valence-corrected chi connectivity index (χ2v) is 15.0. The molecule has 49 heavy (non-hydrogen) atoms. The Morgan fingerprint density at radius 1 is 0.918 bits per heavy atom. The molecule has 4 amide bonds. The van der Waals surface area contributed by atoms with Crippen molar-refractivity contribution >= 4 is 29.3 Å². The lowest BCUT2D eigenvalue weighted by Gasteiger charge is -2.40. The molecule has 0 bridgehead atoms. The van der Waals surface area contributed by atoms with E-state index in [2.05, 4.69) is 32.9 Å². The largest absolute Gasteiger partial charge is 0.343 e. The quantitative estimate of drug-likeness (QED) is 0.277. The second-order valence-electron chi connectivity index (χ2n) is 15.0. The van der Waals surface area contributed by atoms with Crippen LogP contribution in [0.1, 0.15) is 88.2 Å². The molecule has 4 aliphatic rings. The van der Waals surface area contributed by atoms with Crippen molar-refractivity contribution in [3.63, 3.8) is 0 Å². The van der Waals surface area contributed by atoms with E-state index >= 15 is 4.39 Å². The Morgan fingerprint density at radius 3 is 2.18 bits per heavy atom. The van der Waals surface area contributed by atoms with Crippen molar-refractivity contribution in [1.82, 2.24) is 30.2 Å². The van der Waals surface area contributed by atoms with Crippen LogP contribution in [0.4, 0.5) is 10.1 Å². The maximum Gasteiger partial charge on any atom is 0.270 e. The number of rotatable bonds is 14. The van der Waals surface area contributed by atoms with Crippen molar-refractivity contribution in [1.29, 1.82) is 0 Å². The van der Waals surface area contributed by atoms with Crippen LogP contribution < -0.4 is 16.0 Å². The monoisotopic (exact) mass is 677 g/mol. The molecule has 6 rings (SSSR count). The number of aryl methyl sites for hydroxylation is 1. The number of benzene rings is 1. The summed E-state index contributed by atoms with van der Waals surface area (Å²) >= 11 is 0. The summed E-state index contributed by atoms with van der Waals surface area (Å²) < 4.78 is 17.5. The minimum atomic E-state index is -0.863. The molecule has 2 heterocycles. The fraction of sp³-hybridized carbons (Fsp3) is 0.649. The van der Waals surface area contributed by atoms with E-state index in [0.717, 1.165) is 45.1 Å². The second kappa shape index (κ2) is 14.6. The number of aromatic nitrogens is 2. The molecule has 266 valence electrons. The average Bonchev–Trinajstić information content (AvgIpc) is 3.95. The van der Waals surface area contributed by atoms with Gasteiger partial charge in [-0.15, -0.1) is 0 Å². The van der Waals surface area contributed by atoms with E-state index in [4.69, 9.17) is 0 Å². The number of anilines is 1. The fourth-order valence-electron chi connectivity index (χ4n) is 7.48. The zero-order valence-electron chi connectivity index (χ0n) is 29.5. The van der Waals surface area contributed by atoms with E-state index in [1.807, 2.05) is 27.8 Å². The lowest BCUT2D eigenvalue weighted by atomic mass is 9.88. The van der Waals surface area contributed by atoms with Gasteiger partial charge in [0.05, 0.1) is 5.69 Å². The number of nitrogens with one attached hydrogen (secondary N) is 3. The van der Waals surface area contributed by atoms with E-state index in [9.17, 15) is 19.2 Å². The van der Waals surface area contributed by atoms with Crippen LogP contribution in [0.25, 0.3) is 0 Å². The van der Waals surface area contributed by atoms with Gasteiger partial charge in [0.2, 0.25) is 17.7 Å². The molecule has 0 spiro atoms. The predicted molar refractivity (Wildman–Crippen MR) is 184 cm³/mol. The number of nitrogens with zero attached hydrogens (tertiary/aromatic N) is 4. The van der Waals surface area contributed by atoms with Crippen LogP contribution in [0.3, 0.4) is 0 Å². The third-order valence-electron chi connectivity index (χ3n) is 11.4. The summed E-state index contributed by atoms with van der Waals surface area (Å²) in [7, 11) is 2.03. The number of carbonyl (C=O) groups is 4. The van der Waals surface area contributed by atoms with Crippen molar-refractivity contribution in [3.05, 3.63) is 47.5 Å². The van der Waals surface area contributed by atoms with E-state index in [1.54, 1.807) is 27.9 Å². The van der Waals surface area contributed by atoms with Crippen LogP contribution >= 0.6 is 0 Å². The molecule has 1 aromatic heterocycles. The van der Waals surface area contributed by atoms with Crippen molar-refractivity contribution in [3.8, 4) is 0 Å². The maximum absolute atomic E-state index is 15.9. The van der Waals surface area contributed by atoms with Gasteiger partial charge in [0.15, 0.2) is 0 Å². The molecule has 3 saturated carbocycles. The van der Waals surface area contributed by atoms with Gasteiger partial charge in [-0.05, 0) is 107 Å². The minimum absolute atomic E-state index is 0.00584. The number of amides is 4. The standard InChI is InChI=1S/C37H52FN7O4/c1-6-45-30(15-16-39-45)35(47)42-33(31(25-9-10-25)26-11-12-26)36(48)40-29-14-13-27(19-28(29)38)22(3)32(41-34(46)23(4)24-7-8-24)37(49)44-18-17-43(5)21(2)20-44/h13-16,19,21-26,31-33H,6-12,17-18,20H2,1-5H3,(H,40,48)(H,41,46)(H,42,47)/t21-,22+,23+,32-,33+/m1/s1. The van der Waals surface area contributed by atoms with Crippen LogP contribution in [0.5, 0.6) is 0 Å². The van der Waals surface area contributed by atoms with Crippen LogP contribution in [0.15, 0.2) is 30.5 Å². The summed E-state index contributed by atoms with van der Waals surface area (Å²) in [6.07, 6.45) is 7.62. The molecule has 1 aliphatic heterocycles. The zero-order chi connectivity index (χ0) is 35.0. The Morgan fingerprint density at radius 2 is 1.59 bits per heavy atom. The number of piperazine rings is 1. The van der Waals surface area contributed by atoms with E-state index in [-0.39, 0.29) is 41.3 Å². The molecule has 0 radical (unpaired) electrons. The van der Waals surface area contributed by atoms with Crippen LogP contribution in [-0.2, 0) is 20.9 Å². The summed E-state index contributed by atoms with van der Waals surface area (Å²) in [5, 5.41) is 13.0. The lowest BCUT2D eigenvalue weighted by Crippen LogP contribution is -2.58. The van der Waals surface area contributed by atoms with Gasteiger partial charge in [-0.1, -0.05) is 19.9 Å². The molecule has 11 nitrogen and oxygen atoms in total. The fourth-order valence-corrected chi connectivity index (χ4v) is 7.48. The predicted octanol–water partition coefficient (Wildman–Crippen LogP) is 4.01. The van der Waals surface area contributed by atoms with Gasteiger partial charge >= 0.3 is 0 Å². The smallest absolute Gasteiger partial charge is 0.270 e. The van der Waals surface area contributed by atoms with E-state index in [0.29, 0.717) is 48.6 Å². The molecule has 0 unspecified atom stereocenters. The topological polar surface area (TPSA) is 129 Å². The molecule has 3 aliphatic carbocycles. The van der Waals surface area contributed by atoms with E-state index < -0.39 is 29.7 Å². The van der Waals surface area contributed by atoms with Crippen LogP contribution in [0, 0.1) is 35.4 Å². The number of likely N-dealkylation sites (N-methyl/N-ethyl adjacent to an activating group) is 1. The van der Waals surface area contributed by atoms with Crippen molar-refractivity contribution in [2.75, 3.05) is 32.0 Å². The Labute approximate surface area is 288 Å². The molecule has 12 heteroatoms. The Hall–Kier alpha value is -3.80. The van der Waals surface area contributed by atoms with Gasteiger partial charge in [0, 0.05) is 50.3 Å². The molecule has 1 aromatic carbocycles. The lowest BCUT2D eigenvalue weighted by molar-refractivity contribution is -0.140. The van der Waals surface area contributed by atoms with E-state index in [1.165, 1.54) is 12.1 Å². The van der Waals surface area contributed by atoms with Crippen molar-refractivity contribution in [2.24, 2.45) is 29.6 Å². The van der Waals surface area contributed by atoms with Gasteiger partial charge in [-0.3, -0.25) is 23.9 Å². The molecule has 4 fully saturated rings. The molecule has 1 saturated heterocycles. The Kier molecular flexibility index (Phi) is 10.4. The van der Waals surface area contributed by atoms with Crippen LogP contribution in [0.2, 0.25) is 0 Å². The van der Waals surface area contributed by atoms with Crippen LogP contribution in [-0.4, -0.2) is 88.0 Å². The number of halogens is 1. The SMILES string of the molecule is CCn1nccc1C(=O)N[C@H](C(=O)Nc1ccc([C@H](C)[C@@H](NC(=O)[C@@H](C)C2CC2)C(=O)N2CCN(C)[C@H](C)C2)cc1F)C(C1CC1)C1CC1. The highest BCUT2D eigenvalue weighted by Gasteiger charge is 2.48. The summed E-state index contributed by atoms with van der Waals surface area (Å²) in [6.45, 7) is 10.0. The average molecular weight is 678 g/mol. The molecule has 3 N–H and O–H groups in total. The Balaban J connectivity index is 1.20. The first-order valence-corrected chi connectivity index (χ1v) is 18.2. The molecular weight excluding hydrogens is 625 g/mol. The Bertz CT molecular complexity index is 1540. The number of hydrogen-bond acceptors (Lipinski definition) is 6. The minimum Gasteiger partial charge on any atom is -0.343 e.